The molecule has 4 nitrogen and oxygen atoms in total. The molecule has 1 amide bonds. The minimum absolute atomic E-state index is 0. The zero-order chi connectivity index (χ0) is 19.6. The van der Waals surface area contributed by atoms with E-state index in [9.17, 15) is 9.18 Å². The number of rotatable bonds is 4. The first-order valence-corrected chi connectivity index (χ1v) is 10.0. The first-order chi connectivity index (χ1) is 13.6. The van der Waals surface area contributed by atoms with Crippen molar-refractivity contribution in [2.24, 2.45) is 11.7 Å². The molecule has 2 heterocycles. The van der Waals surface area contributed by atoms with Crippen LogP contribution in [-0.2, 0) is 14.9 Å². The van der Waals surface area contributed by atoms with Gasteiger partial charge in [-0.05, 0) is 48.6 Å². The van der Waals surface area contributed by atoms with E-state index in [0.717, 1.165) is 5.56 Å². The molecule has 4 rings (SSSR count). The number of carbonyl (C=O) groups is 1. The molecule has 0 unspecified atom stereocenters. The van der Waals surface area contributed by atoms with Gasteiger partial charge in [-0.3, -0.25) is 4.79 Å². The standard InChI is InChI=1S/C23H27FN2O2.ClH/c24-20-8-4-7-19(13-20)23(9-11-28-12-10-23)22(27)26-15-18(14-25)21(16-26)17-5-2-1-3-6-17;/h1-8,13,18,21H,9-12,14-16,25H2;1H/t18-,21+;/m1./s1. The van der Waals surface area contributed by atoms with E-state index < -0.39 is 5.41 Å². The number of hydrogen-bond donors (Lipinski definition) is 1. The molecule has 0 radical (unpaired) electrons. The Hall–Kier alpha value is -1.95. The van der Waals surface area contributed by atoms with Crippen LogP contribution in [0.3, 0.4) is 0 Å². The third kappa shape index (κ3) is 4.18. The predicted octanol–water partition coefficient (Wildman–Crippen LogP) is 3.50. The number of benzene rings is 2. The van der Waals surface area contributed by atoms with Crippen LogP contribution in [0.2, 0.25) is 0 Å². The van der Waals surface area contributed by atoms with Crippen molar-refractivity contribution in [2.75, 3.05) is 32.8 Å². The third-order valence-corrected chi connectivity index (χ3v) is 6.39. The van der Waals surface area contributed by atoms with E-state index in [-0.39, 0.29) is 36.0 Å². The lowest BCUT2D eigenvalue weighted by Crippen LogP contribution is -2.49. The number of ether oxygens (including phenoxy) is 1. The molecule has 0 bridgehead atoms. The summed E-state index contributed by atoms with van der Waals surface area (Å²) in [6.07, 6.45) is 1.16. The summed E-state index contributed by atoms with van der Waals surface area (Å²) >= 11 is 0. The van der Waals surface area contributed by atoms with Crippen LogP contribution in [0, 0.1) is 11.7 Å². The predicted molar refractivity (Wildman–Crippen MR) is 114 cm³/mol. The van der Waals surface area contributed by atoms with E-state index in [1.165, 1.54) is 17.7 Å². The number of likely N-dealkylation sites (tertiary alicyclic amines) is 1. The fourth-order valence-corrected chi connectivity index (χ4v) is 4.79. The highest BCUT2D eigenvalue weighted by molar-refractivity contribution is 5.89. The molecule has 2 saturated heterocycles. The van der Waals surface area contributed by atoms with Gasteiger partial charge >= 0.3 is 0 Å². The van der Waals surface area contributed by atoms with Crippen molar-refractivity contribution >= 4 is 18.3 Å². The van der Waals surface area contributed by atoms with Crippen molar-refractivity contribution in [3.63, 3.8) is 0 Å². The summed E-state index contributed by atoms with van der Waals surface area (Å²) in [6.45, 7) is 2.87. The topological polar surface area (TPSA) is 55.6 Å². The quantitative estimate of drug-likeness (QED) is 0.826. The summed E-state index contributed by atoms with van der Waals surface area (Å²) < 4.78 is 19.5. The second kappa shape index (κ2) is 9.24. The van der Waals surface area contributed by atoms with Gasteiger partial charge in [-0.25, -0.2) is 4.39 Å². The van der Waals surface area contributed by atoms with Crippen LogP contribution in [0.4, 0.5) is 4.39 Å². The molecule has 2 aliphatic rings. The van der Waals surface area contributed by atoms with Crippen molar-refractivity contribution in [1.82, 2.24) is 4.90 Å². The Labute approximate surface area is 177 Å². The number of nitrogens with zero attached hydrogens (tertiary/aromatic N) is 1. The number of hydrogen-bond acceptors (Lipinski definition) is 3. The van der Waals surface area contributed by atoms with Gasteiger partial charge in [0.25, 0.3) is 0 Å². The zero-order valence-corrected chi connectivity index (χ0v) is 17.2. The zero-order valence-electron chi connectivity index (χ0n) is 16.4. The van der Waals surface area contributed by atoms with Gasteiger partial charge < -0.3 is 15.4 Å². The largest absolute Gasteiger partial charge is 0.381 e. The van der Waals surface area contributed by atoms with Gasteiger partial charge in [0, 0.05) is 32.2 Å². The van der Waals surface area contributed by atoms with Crippen LogP contribution < -0.4 is 5.73 Å². The lowest BCUT2D eigenvalue weighted by Gasteiger charge is -2.39. The Bertz CT molecular complexity index is 827. The monoisotopic (exact) mass is 418 g/mol. The maximum absolute atomic E-state index is 14.0. The second-order valence-electron chi connectivity index (χ2n) is 7.93. The van der Waals surface area contributed by atoms with Crippen molar-refractivity contribution in [2.45, 2.75) is 24.2 Å². The first kappa shape index (κ1) is 21.8. The lowest BCUT2D eigenvalue weighted by molar-refractivity contribution is -0.140. The average molecular weight is 419 g/mol. The molecule has 29 heavy (non-hydrogen) atoms. The smallest absolute Gasteiger partial charge is 0.233 e. The number of halogens is 2. The number of carbonyl (C=O) groups excluding carboxylic acids is 1. The Morgan fingerprint density at radius 3 is 2.48 bits per heavy atom. The Balaban J connectivity index is 0.00000240. The molecule has 2 aromatic rings. The maximum atomic E-state index is 14.0. The maximum Gasteiger partial charge on any atom is 0.233 e. The summed E-state index contributed by atoms with van der Waals surface area (Å²) in [6, 6.07) is 16.8. The Kier molecular flexibility index (Phi) is 6.93. The van der Waals surface area contributed by atoms with Crippen molar-refractivity contribution in [1.29, 1.82) is 0 Å². The van der Waals surface area contributed by atoms with Gasteiger partial charge in [0.15, 0.2) is 0 Å². The van der Waals surface area contributed by atoms with Crippen molar-refractivity contribution in [3.05, 3.63) is 71.5 Å². The molecule has 2 fully saturated rings. The van der Waals surface area contributed by atoms with E-state index in [1.807, 2.05) is 29.2 Å². The summed E-state index contributed by atoms with van der Waals surface area (Å²) in [4.78, 5) is 15.7. The van der Waals surface area contributed by atoms with Gasteiger partial charge in [-0.15, -0.1) is 12.4 Å². The minimum atomic E-state index is -0.717. The highest BCUT2D eigenvalue weighted by atomic mass is 35.5. The van der Waals surface area contributed by atoms with E-state index >= 15 is 0 Å². The Morgan fingerprint density at radius 1 is 1.10 bits per heavy atom. The van der Waals surface area contributed by atoms with Gasteiger partial charge in [-0.2, -0.15) is 0 Å². The van der Waals surface area contributed by atoms with Gasteiger partial charge in [-0.1, -0.05) is 42.5 Å². The van der Waals surface area contributed by atoms with Gasteiger partial charge in [0.2, 0.25) is 5.91 Å². The summed E-state index contributed by atoms with van der Waals surface area (Å²) in [5.41, 5.74) is 7.32. The summed E-state index contributed by atoms with van der Waals surface area (Å²) in [5, 5.41) is 0. The molecule has 2 aliphatic heterocycles. The van der Waals surface area contributed by atoms with Gasteiger partial charge in [0.05, 0.1) is 5.41 Å². The van der Waals surface area contributed by atoms with E-state index in [4.69, 9.17) is 10.5 Å². The van der Waals surface area contributed by atoms with E-state index in [2.05, 4.69) is 12.1 Å². The minimum Gasteiger partial charge on any atom is -0.381 e. The number of nitrogens with two attached hydrogens (primary N) is 1. The van der Waals surface area contributed by atoms with Crippen LogP contribution in [0.5, 0.6) is 0 Å². The highest BCUT2D eigenvalue weighted by Gasteiger charge is 2.47. The van der Waals surface area contributed by atoms with E-state index in [0.29, 0.717) is 45.7 Å². The molecule has 2 atom stereocenters. The molecular weight excluding hydrogens is 391 g/mol. The molecule has 0 saturated carbocycles. The van der Waals surface area contributed by atoms with Crippen LogP contribution in [0.15, 0.2) is 54.6 Å². The molecule has 0 aliphatic carbocycles. The molecular formula is C23H28ClFN2O2. The molecule has 156 valence electrons. The van der Waals surface area contributed by atoms with Gasteiger partial charge in [0.1, 0.15) is 5.82 Å². The molecule has 2 aromatic carbocycles. The fraction of sp³-hybridized carbons (Fsp3) is 0.435. The first-order valence-electron chi connectivity index (χ1n) is 10.0. The van der Waals surface area contributed by atoms with Crippen molar-refractivity contribution < 1.29 is 13.9 Å². The SMILES string of the molecule is Cl.NC[C@@H]1CN(C(=O)C2(c3cccc(F)c3)CCOCC2)C[C@H]1c1ccccc1. The lowest BCUT2D eigenvalue weighted by atomic mass is 9.73. The summed E-state index contributed by atoms with van der Waals surface area (Å²) in [7, 11) is 0. The Morgan fingerprint density at radius 2 is 1.83 bits per heavy atom. The normalized spacial score (nSPS) is 23.4. The van der Waals surface area contributed by atoms with Crippen LogP contribution >= 0.6 is 12.4 Å². The van der Waals surface area contributed by atoms with Crippen LogP contribution in [0.25, 0.3) is 0 Å². The second-order valence-corrected chi connectivity index (χ2v) is 7.93. The third-order valence-electron chi connectivity index (χ3n) is 6.39. The molecule has 0 aromatic heterocycles. The van der Waals surface area contributed by atoms with E-state index in [1.54, 1.807) is 6.07 Å². The molecule has 6 heteroatoms. The molecule has 0 spiro atoms. The summed E-state index contributed by atoms with van der Waals surface area (Å²) in [5.74, 6) is 0.244. The van der Waals surface area contributed by atoms with Crippen molar-refractivity contribution in [3.8, 4) is 0 Å². The average Bonchev–Trinajstić information content (AvgIpc) is 3.19. The number of amides is 1. The highest BCUT2D eigenvalue weighted by Crippen LogP contribution is 2.40. The molecule has 2 N–H and O–H groups in total. The van der Waals surface area contributed by atoms with Crippen LogP contribution in [-0.4, -0.2) is 43.7 Å². The fourth-order valence-electron chi connectivity index (χ4n) is 4.79. The van der Waals surface area contributed by atoms with Crippen LogP contribution in [0.1, 0.15) is 29.9 Å².